The van der Waals surface area contributed by atoms with Crippen LogP contribution in [-0.4, -0.2) is 12.0 Å². The molecule has 0 fully saturated rings. The largest absolute Gasteiger partial charge is 0.481 e. The van der Waals surface area contributed by atoms with Crippen molar-refractivity contribution in [1.29, 1.82) is 0 Å². The zero-order chi connectivity index (χ0) is 18.4. The fourth-order valence-corrected chi connectivity index (χ4v) is 2.80. The monoisotopic (exact) mass is 339 g/mol. The van der Waals surface area contributed by atoms with Crippen LogP contribution in [0.5, 0.6) is 5.75 Å². The van der Waals surface area contributed by atoms with Gasteiger partial charge in [-0.3, -0.25) is 4.79 Å². The summed E-state index contributed by atoms with van der Waals surface area (Å²) in [6.07, 6.45) is 0.352. The Kier molecular flexibility index (Phi) is 6.63. The number of hydrogen-bond acceptors (Lipinski definition) is 2. The summed E-state index contributed by atoms with van der Waals surface area (Å²) in [5, 5.41) is 3.15. The molecule has 1 N–H and O–H groups in total. The number of amides is 1. The maximum absolute atomic E-state index is 12.7. The Morgan fingerprint density at radius 2 is 1.72 bits per heavy atom. The van der Waals surface area contributed by atoms with Crippen LogP contribution in [0.25, 0.3) is 0 Å². The Bertz CT molecular complexity index is 694. The van der Waals surface area contributed by atoms with E-state index in [1.165, 1.54) is 0 Å². The van der Waals surface area contributed by atoms with Gasteiger partial charge in [0.05, 0.1) is 6.04 Å². The van der Waals surface area contributed by atoms with Gasteiger partial charge in [-0.2, -0.15) is 0 Å². The lowest BCUT2D eigenvalue weighted by atomic mass is 9.97. The fraction of sp³-hybridized carbons (Fsp3) is 0.409. The third kappa shape index (κ3) is 5.63. The molecule has 0 aliphatic heterocycles. The van der Waals surface area contributed by atoms with Gasteiger partial charge in [-0.1, -0.05) is 56.3 Å². The molecule has 2 aromatic rings. The molecule has 2 atom stereocenters. The molecular weight excluding hydrogens is 310 g/mol. The van der Waals surface area contributed by atoms with Gasteiger partial charge in [0.1, 0.15) is 5.75 Å². The molecule has 0 aliphatic carbocycles. The summed E-state index contributed by atoms with van der Waals surface area (Å²) in [7, 11) is 0. The van der Waals surface area contributed by atoms with Crippen molar-refractivity contribution in [3.05, 3.63) is 65.2 Å². The highest BCUT2D eigenvalue weighted by Gasteiger charge is 2.21. The van der Waals surface area contributed by atoms with Crippen molar-refractivity contribution < 1.29 is 9.53 Å². The van der Waals surface area contributed by atoms with Gasteiger partial charge < -0.3 is 10.1 Å². The third-order valence-corrected chi connectivity index (χ3v) is 4.24. The minimum Gasteiger partial charge on any atom is -0.481 e. The second kappa shape index (κ2) is 8.70. The van der Waals surface area contributed by atoms with Crippen LogP contribution in [0.1, 0.15) is 49.9 Å². The molecule has 0 spiro atoms. The van der Waals surface area contributed by atoms with Crippen molar-refractivity contribution in [3.8, 4) is 5.75 Å². The molecule has 0 heterocycles. The van der Waals surface area contributed by atoms with E-state index in [2.05, 4.69) is 31.3 Å². The molecule has 0 bridgehead atoms. The molecule has 0 saturated heterocycles. The number of carbonyl (C=O) groups excluding carboxylic acids is 1. The average molecular weight is 339 g/mol. The fourth-order valence-electron chi connectivity index (χ4n) is 2.80. The molecule has 0 radical (unpaired) electrons. The molecule has 0 unspecified atom stereocenters. The summed E-state index contributed by atoms with van der Waals surface area (Å²) < 4.78 is 5.92. The van der Waals surface area contributed by atoms with E-state index >= 15 is 0 Å². The third-order valence-electron chi connectivity index (χ3n) is 4.24. The molecular formula is C22H29NO2. The summed E-state index contributed by atoms with van der Waals surface area (Å²) in [4.78, 5) is 12.7. The quantitative estimate of drug-likeness (QED) is 0.773. The van der Waals surface area contributed by atoms with Crippen molar-refractivity contribution >= 4 is 5.91 Å². The Hall–Kier alpha value is -2.29. The van der Waals surface area contributed by atoms with Crippen molar-refractivity contribution in [1.82, 2.24) is 5.32 Å². The maximum atomic E-state index is 12.7. The summed E-state index contributed by atoms with van der Waals surface area (Å²) in [5.74, 6) is 1.17. The molecule has 0 aromatic heterocycles. The van der Waals surface area contributed by atoms with Gasteiger partial charge in [-0.05, 0) is 55.9 Å². The molecule has 2 aromatic carbocycles. The summed E-state index contributed by atoms with van der Waals surface area (Å²) >= 11 is 0. The number of ether oxygens (including phenoxy) is 1. The topological polar surface area (TPSA) is 38.3 Å². The van der Waals surface area contributed by atoms with E-state index in [4.69, 9.17) is 4.74 Å². The Morgan fingerprint density at radius 1 is 1.04 bits per heavy atom. The highest BCUT2D eigenvalue weighted by atomic mass is 16.5. The van der Waals surface area contributed by atoms with Crippen molar-refractivity contribution in [2.75, 3.05) is 0 Å². The summed E-state index contributed by atoms with van der Waals surface area (Å²) in [5.41, 5.74) is 3.28. The zero-order valence-corrected chi connectivity index (χ0v) is 15.9. The van der Waals surface area contributed by atoms with Gasteiger partial charge >= 0.3 is 0 Å². The molecule has 0 aliphatic rings. The highest BCUT2D eigenvalue weighted by molar-refractivity contribution is 5.81. The Morgan fingerprint density at radius 3 is 2.36 bits per heavy atom. The van der Waals surface area contributed by atoms with Crippen LogP contribution in [-0.2, 0) is 4.79 Å². The Balaban J connectivity index is 2.08. The highest BCUT2D eigenvalue weighted by Crippen LogP contribution is 2.23. The lowest BCUT2D eigenvalue weighted by molar-refractivity contribution is -0.128. The minimum atomic E-state index is -0.543. The molecule has 0 saturated carbocycles. The second-order valence-corrected chi connectivity index (χ2v) is 7.13. The number of aryl methyl sites for hydroxylation is 2. The predicted octanol–water partition coefficient (Wildman–Crippen LogP) is 4.97. The first-order valence-electron chi connectivity index (χ1n) is 8.96. The smallest absolute Gasteiger partial charge is 0.261 e. The van der Waals surface area contributed by atoms with E-state index in [9.17, 15) is 4.79 Å². The van der Waals surface area contributed by atoms with Crippen LogP contribution in [0.15, 0.2) is 48.5 Å². The second-order valence-electron chi connectivity index (χ2n) is 7.13. The zero-order valence-electron chi connectivity index (χ0n) is 15.9. The number of carbonyl (C=O) groups is 1. The lowest BCUT2D eigenvalue weighted by Gasteiger charge is -2.24. The van der Waals surface area contributed by atoms with E-state index < -0.39 is 6.10 Å². The number of rotatable bonds is 7. The lowest BCUT2D eigenvalue weighted by Crippen LogP contribution is -2.39. The minimum absolute atomic E-state index is 0.00152. The van der Waals surface area contributed by atoms with Crippen LogP contribution < -0.4 is 10.1 Å². The van der Waals surface area contributed by atoms with E-state index in [-0.39, 0.29) is 11.9 Å². The van der Waals surface area contributed by atoms with Gasteiger partial charge in [0.2, 0.25) is 0 Å². The number of nitrogens with one attached hydrogen (secondary N) is 1. The number of benzene rings is 2. The normalized spacial score (nSPS) is 13.4. The van der Waals surface area contributed by atoms with E-state index in [0.29, 0.717) is 5.92 Å². The number of hydrogen-bond donors (Lipinski definition) is 1. The molecule has 3 heteroatoms. The van der Waals surface area contributed by atoms with Crippen LogP contribution in [0.3, 0.4) is 0 Å². The van der Waals surface area contributed by atoms with Crippen LogP contribution in [0, 0.1) is 19.8 Å². The maximum Gasteiger partial charge on any atom is 0.261 e. The van der Waals surface area contributed by atoms with Crippen LogP contribution in [0.2, 0.25) is 0 Å². The summed E-state index contributed by atoms with van der Waals surface area (Å²) in [6, 6.07) is 16.1. The van der Waals surface area contributed by atoms with Gasteiger partial charge in [-0.15, -0.1) is 0 Å². The van der Waals surface area contributed by atoms with E-state index in [1.54, 1.807) is 6.92 Å². The molecule has 1 amide bonds. The van der Waals surface area contributed by atoms with Crippen LogP contribution >= 0.6 is 0 Å². The van der Waals surface area contributed by atoms with Gasteiger partial charge in [0.15, 0.2) is 6.10 Å². The van der Waals surface area contributed by atoms with Crippen molar-refractivity contribution in [2.24, 2.45) is 5.92 Å². The van der Waals surface area contributed by atoms with Gasteiger partial charge in [0, 0.05) is 0 Å². The molecule has 3 nitrogen and oxygen atoms in total. The predicted molar refractivity (Wildman–Crippen MR) is 103 cm³/mol. The Labute approximate surface area is 151 Å². The first-order valence-corrected chi connectivity index (χ1v) is 8.96. The summed E-state index contributed by atoms with van der Waals surface area (Å²) in [6.45, 7) is 10.1. The SMILES string of the molecule is Cc1ccc(C)c(O[C@@H](C)C(=O)N[C@@H](CC(C)C)c2ccccc2)c1. The van der Waals surface area contributed by atoms with E-state index in [1.807, 2.05) is 50.2 Å². The first kappa shape index (κ1) is 19.0. The van der Waals surface area contributed by atoms with Crippen molar-refractivity contribution in [2.45, 2.75) is 53.2 Å². The van der Waals surface area contributed by atoms with E-state index in [0.717, 1.165) is 28.9 Å². The van der Waals surface area contributed by atoms with Crippen LogP contribution in [0.4, 0.5) is 0 Å². The standard InChI is InChI=1S/C22H29NO2/c1-15(2)13-20(19-9-7-6-8-10-19)23-22(24)18(5)25-21-14-16(3)11-12-17(21)4/h6-12,14-15,18,20H,13H2,1-5H3,(H,23,24)/t18-,20-/m0/s1. The van der Waals surface area contributed by atoms with Gasteiger partial charge in [0.25, 0.3) is 5.91 Å². The molecule has 25 heavy (non-hydrogen) atoms. The van der Waals surface area contributed by atoms with Crippen molar-refractivity contribution in [3.63, 3.8) is 0 Å². The molecule has 134 valence electrons. The first-order chi connectivity index (χ1) is 11.9. The average Bonchev–Trinajstić information content (AvgIpc) is 2.57. The molecule has 2 rings (SSSR count). The van der Waals surface area contributed by atoms with Gasteiger partial charge in [-0.25, -0.2) is 0 Å².